The van der Waals surface area contributed by atoms with Crippen LogP contribution in [0.25, 0.3) is 11.1 Å². The molecular formula is C17H17Cl2Zr. The molecule has 0 saturated carbocycles. The van der Waals surface area contributed by atoms with E-state index < -0.39 is 0 Å². The van der Waals surface area contributed by atoms with Crippen LogP contribution in [0.15, 0.2) is 36.4 Å². The molecule has 2 aromatic carbocycles. The van der Waals surface area contributed by atoms with Crippen LogP contribution in [0, 0.1) is 6.07 Å². The average molecular weight is 383 g/mol. The summed E-state index contributed by atoms with van der Waals surface area (Å²) in [6, 6.07) is 16.4. The van der Waals surface area contributed by atoms with Gasteiger partial charge in [0.2, 0.25) is 0 Å². The van der Waals surface area contributed by atoms with Gasteiger partial charge in [-0.3, -0.25) is 0 Å². The van der Waals surface area contributed by atoms with E-state index in [9.17, 15) is 0 Å². The van der Waals surface area contributed by atoms with Gasteiger partial charge in [0.25, 0.3) is 0 Å². The van der Waals surface area contributed by atoms with E-state index in [4.69, 9.17) is 0 Å². The third-order valence-corrected chi connectivity index (χ3v) is 3.53. The van der Waals surface area contributed by atoms with E-state index in [0.29, 0.717) is 0 Å². The second kappa shape index (κ2) is 7.25. The van der Waals surface area contributed by atoms with Crippen LogP contribution in [0.5, 0.6) is 0 Å². The number of fused-ring (bicyclic) bond motifs is 3. The fourth-order valence-electron chi connectivity index (χ4n) is 2.76. The Labute approximate surface area is 153 Å². The first-order valence-corrected chi connectivity index (χ1v) is 6.20. The summed E-state index contributed by atoms with van der Waals surface area (Å²) >= 11 is 0. The molecule has 0 heterocycles. The number of benzene rings is 2. The van der Waals surface area contributed by atoms with Crippen LogP contribution in [0.2, 0.25) is 0 Å². The van der Waals surface area contributed by atoms with Crippen LogP contribution < -0.4 is 24.8 Å². The van der Waals surface area contributed by atoms with Crippen molar-refractivity contribution in [3.63, 3.8) is 0 Å². The summed E-state index contributed by atoms with van der Waals surface area (Å²) in [6.45, 7) is 6.80. The van der Waals surface area contributed by atoms with E-state index in [-0.39, 0.29) is 56.4 Å². The molecule has 20 heavy (non-hydrogen) atoms. The number of hydrogen-bond donors (Lipinski definition) is 0. The van der Waals surface area contributed by atoms with Gasteiger partial charge in [-0.25, -0.2) is 0 Å². The molecule has 0 amide bonds. The molecule has 1 radical (unpaired) electrons. The molecule has 2 aromatic rings. The molecule has 0 nitrogen and oxygen atoms in total. The smallest absolute Gasteiger partial charge is 1.00 e. The van der Waals surface area contributed by atoms with Crippen molar-refractivity contribution in [1.82, 2.24) is 0 Å². The summed E-state index contributed by atoms with van der Waals surface area (Å²) in [4.78, 5) is 0. The van der Waals surface area contributed by atoms with Crippen LogP contribution in [-0.4, -0.2) is 0 Å². The van der Waals surface area contributed by atoms with Gasteiger partial charge < -0.3 is 24.8 Å². The van der Waals surface area contributed by atoms with Gasteiger partial charge in [0.15, 0.2) is 0 Å². The zero-order valence-corrected chi connectivity index (χ0v) is 15.9. The summed E-state index contributed by atoms with van der Waals surface area (Å²) in [5.74, 6) is 0. The summed E-state index contributed by atoms with van der Waals surface area (Å²) in [5, 5.41) is 0. The molecule has 0 bridgehead atoms. The minimum atomic E-state index is 0. The zero-order chi connectivity index (χ0) is 12.0. The van der Waals surface area contributed by atoms with Gasteiger partial charge in [0, 0.05) is 0 Å². The van der Waals surface area contributed by atoms with Crippen molar-refractivity contribution in [2.45, 2.75) is 32.6 Å². The molecule has 3 rings (SSSR count). The van der Waals surface area contributed by atoms with Gasteiger partial charge in [-0.2, -0.15) is 23.8 Å². The number of rotatable bonds is 0. The van der Waals surface area contributed by atoms with Gasteiger partial charge in [0.1, 0.15) is 0 Å². The molecule has 0 saturated heterocycles. The summed E-state index contributed by atoms with van der Waals surface area (Å²) < 4.78 is 0. The van der Waals surface area contributed by atoms with E-state index >= 15 is 0 Å². The van der Waals surface area contributed by atoms with Crippen molar-refractivity contribution < 1.29 is 51.0 Å². The molecule has 103 valence electrons. The third-order valence-electron chi connectivity index (χ3n) is 3.53. The van der Waals surface area contributed by atoms with Crippen molar-refractivity contribution in [2.75, 3.05) is 0 Å². The normalized spacial score (nSPS) is 11.3. The Morgan fingerprint density at radius 1 is 0.950 bits per heavy atom. The Balaban J connectivity index is 0.00000120. The molecule has 0 unspecified atom stereocenters. The van der Waals surface area contributed by atoms with Crippen molar-refractivity contribution in [1.29, 1.82) is 0 Å². The molecule has 0 fully saturated rings. The van der Waals surface area contributed by atoms with E-state index in [1.165, 1.54) is 27.8 Å². The quantitative estimate of drug-likeness (QED) is 0.409. The fraction of sp³-hybridized carbons (Fsp3) is 0.294. The Kier molecular flexibility index (Phi) is 7.22. The molecule has 0 spiro atoms. The van der Waals surface area contributed by atoms with Crippen LogP contribution in [0.1, 0.15) is 37.5 Å². The monoisotopic (exact) mass is 381 g/mol. The minimum absolute atomic E-state index is 0. The van der Waals surface area contributed by atoms with Crippen LogP contribution >= 0.6 is 0 Å². The average Bonchev–Trinajstić information content (AvgIpc) is 2.65. The molecule has 3 heteroatoms. The first-order valence-electron chi connectivity index (χ1n) is 6.20. The molecule has 1 aliphatic carbocycles. The maximum absolute atomic E-state index is 3.44. The molecule has 1 aliphatic rings. The van der Waals surface area contributed by atoms with Crippen molar-refractivity contribution in [2.24, 2.45) is 0 Å². The molecule has 0 atom stereocenters. The Bertz CT molecular complexity index is 586. The molecule has 0 N–H and O–H groups in total. The Morgan fingerprint density at radius 2 is 1.60 bits per heavy atom. The molecule has 0 aliphatic heterocycles. The van der Waals surface area contributed by atoms with E-state index in [1.54, 1.807) is 0 Å². The first kappa shape index (κ1) is 19.9. The fourth-order valence-corrected chi connectivity index (χ4v) is 2.76. The second-order valence-corrected chi connectivity index (χ2v) is 5.83. The summed E-state index contributed by atoms with van der Waals surface area (Å²) in [5.41, 5.74) is 7.28. The summed E-state index contributed by atoms with van der Waals surface area (Å²) in [6.07, 6.45) is 1.06. The van der Waals surface area contributed by atoms with E-state index in [0.717, 1.165) is 6.42 Å². The molecular weight excluding hydrogens is 366 g/mol. The van der Waals surface area contributed by atoms with Gasteiger partial charge in [-0.1, -0.05) is 45.0 Å². The first-order chi connectivity index (χ1) is 8.07. The zero-order valence-electron chi connectivity index (χ0n) is 11.9. The number of hydrogen-bond acceptors (Lipinski definition) is 0. The van der Waals surface area contributed by atoms with E-state index in [1.807, 2.05) is 0 Å². The summed E-state index contributed by atoms with van der Waals surface area (Å²) in [7, 11) is 0. The van der Waals surface area contributed by atoms with Crippen molar-refractivity contribution >= 4 is 0 Å². The number of halogens is 2. The predicted octanol–water partition coefficient (Wildman–Crippen LogP) is -1.64. The maximum Gasteiger partial charge on any atom is 3.00 e. The van der Waals surface area contributed by atoms with Gasteiger partial charge in [-0.05, 0) is 23.0 Å². The Morgan fingerprint density at radius 3 is 2.25 bits per heavy atom. The maximum atomic E-state index is 3.44. The van der Waals surface area contributed by atoms with Crippen LogP contribution in [0.4, 0.5) is 0 Å². The predicted molar refractivity (Wildman–Crippen MR) is 72.2 cm³/mol. The minimum Gasteiger partial charge on any atom is -1.00 e. The van der Waals surface area contributed by atoms with Gasteiger partial charge >= 0.3 is 26.2 Å². The topological polar surface area (TPSA) is 0 Å². The largest absolute Gasteiger partial charge is 3.00 e. The van der Waals surface area contributed by atoms with Gasteiger partial charge in [0.05, 0.1) is 0 Å². The van der Waals surface area contributed by atoms with Crippen molar-refractivity contribution in [3.8, 4) is 11.1 Å². The second-order valence-electron chi connectivity index (χ2n) is 5.83. The van der Waals surface area contributed by atoms with Gasteiger partial charge in [-0.15, -0.1) is 11.1 Å². The van der Waals surface area contributed by atoms with Crippen LogP contribution in [0.3, 0.4) is 0 Å². The third kappa shape index (κ3) is 3.38. The molecule has 0 aromatic heterocycles. The van der Waals surface area contributed by atoms with Crippen LogP contribution in [-0.2, 0) is 38.0 Å². The SMILES string of the molecule is CC(C)(C)c1[c-]ccc2c1Cc1ccccc1-2.[Cl-].[Cl-].[Zr+3]. The van der Waals surface area contributed by atoms with E-state index in [2.05, 4.69) is 63.2 Å². The van der Waals surface area contributed by atoms with Crippen molar-refractivity contribution in [3.05, 3.63) is 59.2 Å². The Hall–Kier alpha value is -0.0969. The standard InChI is InChI=1S/C17H17.2ClH.Zr/c1-17(2,3)16-10-6-9-14-13-8-5-4-7-12(13)11-15(14)16;;;/h4-9H,11H2,1-3H3;2*1H;/q-1;;;+3/p-2.